The summed E-state index contributed by atoms with van der Waals surface area (Å²) in [6.07, 6.45) is 6.70. The number of oxazole rings is 2. The summed E-state index contributed by atoms with van der Waals surface area (Å²) < 4.78 is 12.9. The highest BCUT2D eigenvalue weighted by Gasteiger charge is 2.22. The van der Waals surface area contributed by atoms with E-state index in [4.69, 9.17) is 18.8 Å². The second-order valence-electron chi connectivity index (χ2n) is 23.1. The lowest BCUT2D eigenvalue weighted by molar-refractivity contribution is 0.613. The summed E-state index contributed by atoms with van der Waals surface area (Å²) in [6, 6.07) is 83.1. The van der Waals surface area contributed by atoms with E-state index < -0.39 is 0 Å². The van der Waals surface area contributed by atoms with Crippen molar-refractivity contribution < 1.29 is 8.83 Å². The second kappa shape index (κ2) is 23.5. The number of fused-ring (bicyclic) bond motifs is 6. The molecule has 12 aromatic carbocycles. The van der Waals surface area contributed by atoms with Crippen LogP contribution in [-0.4, -0.2) is 9.97 Å². The molecule has 0 unspecified atom stereocenters. The Morgan fingerprint density at radius 1 is 0.333 bits per heavy atom. The molecule has 4 heteroatoms. The molecule has 14 aromatic rings. The van der Waals surface area contributed by atoms with Crippen molar-refractivity contribution in [3.05, 3.63) is 253 Å². The van der Waals surface area contributed by atoms with Gasteiger partial charge in [-0.15, -0.1) is 0 Å². The molecule has 0 atom stereocenters. The highest BCUT2D eigenvalue weighted by molar-refractivity contribution is 6.22. The zero-order chi connectivity index (χ0) is 57.3. The first kappa shape index (κ1) is 53.9. The lowest BCUT2D eigenvalue weighted by Crippen LogP contribution is -1.98. The predicted molar refractivity (Wildman–Crippen MR) is 356 cm³/mol. The van der Waals surface area contributed by atoms with Crippen molar-refractivity contribution in [1.82, 2.24) is 9.97 Å². The predicted octanol–water partition coefficient (Wildman–Crippen LogP) is 23.2. The van der Waals surface area contributed by atoms with Gasteiger partial charge in [-0.25, -0.2) is 9.97 Å². The fourth-order valence-corrected chi connectivity index (χ4v) is 12.8. The topological polar surface area (TPSA) is 52.1 Å². The molecule has 0 aliphatic heterocycles. The zero-order valence-corrected chi connectivity index (χ0v) is 49.0. The minimum Gasteiger partial charge on any atom is -0.436 e. The molecule has 4 nitrogen and oxygen atoms in total. The van der Waals surface area contributed by atoms with Crippen LogP contribution < -0.4 is 0 Å². The molecule has 0 radical (unpaired) electrons. The number of aromatic nitrogens is 2. The van der Waals surface area contributed by atoms with Crippen molar-refractivity contribution in [2.75, 3.05) is 0 Å². The van der Waals surface area contributed by atoms with Gasteiger partial charge in [-0.3, -0.25) is 0 Å². The summed E-state index contributed by atoms with van der Waals surface area (Å²) in [4.78, 5) is 9.99. The maximum absolute atomic E-state index is 6.54. The van der Waals surface area contributed by atoms with Crippen LogP contribution in [0.2, 0.25) is 0 Å². The van der Waals surface area contributed by atoms with Gasteiger partial charge in [0.2, 0.25) is 11.8 Å². The number of aryl methyl sites for hydroxylation is 2. The standard InChI is InChI=1S/C41H37NO.C39H33NO/c1-3-5-14-30-24-25-31(15-6-4-2)40-39(30)42-41(43-40)32-26-22-29(23-27-32)38-35-20-12-10-18-33(35)37(28-16-8-7-9-17-28)34-19-11-13-21-36(34)38;1-24(2)33-22-35-36(23-34(33)25(3)4)41-39(40-35)28-20-18-27(19-21-28)38-31-16-10-8-14-29(31)37(26-12-6-5-7-13-26)30-15-9-11-17-32(30)38/h7-13,16-27H,3-6,14-15H2,1-2H3;5-25H,1-4H3. The number of hydrogen-bond acceptors (Lipinski definition) is 4. The quantitative estimate of drug-likeness (QED) is 0.102. The monoisotopic (exact) mass is 1090 g/mol. The van der Waals surface area contributed by atoms with Gasteiger partial charge in [0.25, 0.3) is 0 Å². The molecular formula is C80H70N2O2. The third kappa shape index (κ3) is 10.1. The van der Waals surface area contributed by atoms with Crippen molar-refractivity contribution in [2.45, 2.75) is 91.9 Å². The summed E-state index contributed by atoms with van der Waals surface area (Å²) in [6.45, 7) is 13.4. The molecule has 0 aliphatic carbocycles. The average Bonchev–Trinajstić information content (AvgIpc) is 1.74. The number of rotatable bonds is 14. The van der Waals surface area contributed by atoms with E-state index in [1.807, 2.05) is 0 Å². The fraction of sp³-hybridized carbons (Fsp3) is 0.175. The zero-order valence-electron chi connectivity index (χ0n) is 49.0. The van der Waals surface area contributed by atoms with Gasteiger partial charge in [-0.1, -0.05) is 249 Å². The van der Waals surface area contributed by atoms with E-state index in [0.717, 1.165) is 65.4 Å². The Morgan fingerprint density at radius 2 is 0.667 bits per heavy atom. The van der Waals surface area contributed by atoms with Crippen molar-refractivity contribution >= 4 is 65.3 Å². The summed E-state index contributed by atoms with van der Waals surface area (Å²) in [7, 11) is 0. The maximum atomic E-state index is 6.54. The summed E-state index contributed by atoms with van der Waals surface area (Å²) >= 11 is 0. The van der Waals surface area contributed by atoms with Gasteiger partial charge in [0.05, 0.1) is 0 Å². The molecule has 412 valence electrons. The van der Waals surface area contributed by atoms with E-state index in [9.17, 15) is 0 Å². The fourth-order valence-electron chi connectivity index (χ4n) is 12.8. The van der Waals surface area contributed by atoms with E-state index in [1.165, 1.54) is 116 Å². The molecule has 0 fully saturated rings. The Hall–Kier alpha value is -9.38. The van der Waals surface area contributed by atoms with Crippen molar-refractivity contribution in [1.29, 1.82) is 0 Å². The number of benzene rings is 12. The summed E-state index contributed by atoms with van der Waals surface area (Å²) in [5.74, 6) is 2.24. The van der Waals surface area contributed by atoms with Crippen LogP contribution in [0, 0.1) is 0 Å². The Bertz CT molecular complexity index is 4460. The summed E-state index contributed by atoms with van der Waals surface area (Å²) in [5.41, 5.74) is 21.0. The molecule has 0 bridgehead atoms. The van der Waals surface area contributed by atoms with Crippen molar-refractivity contribution in [3.63, 3.8) is 0 Å². The lowest BCUT2D eigenvalue weighted by atomic mass is 9.86. The molecule has 0 saturated carbocycles. The number of unbranched alkanes of at least 4 members (excludes halogenated alkanes) is 2. The first-order valence-electron chi connectivity index (χ1n) is 30.3. The largest absolute Gasteiger partial charge is 0.436 e. The van der Waals surface area contributed by atoms with E-state index in [1.54, 1.807) is 0 Å². The van der Waals surface area contributed by atoms with Crippen LogP contribution in [0.1, 0.15) is 101 Å². The maximum Gasteiger partial charge on any atom is 0.227 e. The molecular weight excluding hydrogens is 1020 g/mol. The van der Waals surface area contributed by atoms with Gasteiger partial charge in [0, 0.05) is 11.1 Å². The third-order valence-electron chi connectivity index (χ3n) is 17.0. The third-order valence-corrected chi connectivity index (χ3v) is 17.0. The van der Waals surface area contributed by atoms with Gasteiger partial charge >= 0.3 is 0 Å². The van der Waals surface area contributed by atoms with Crippen LogP contribution in [0.25, 0.3) is 133 Å². The van der Waals surface area contributed by atoms with E-state index in [2.05, 4.69) is 272 Å². The van der Waals surface area contributed by atoms with Gasteiger partial charge in [0.1, 0.15) is 11.0 Å². The number of nitrogens with zero attached hydrogens (tertiary/aromatic N) is 2. The number of hydrogen-bond donors (Lipinski definition) is 0. The highest BCUT2D eigenvalue weighted by Crippen LogP contribution is 2.46. The Labute approximate surface area is 493 Å². The molecule has 84 heavy (non-hydrogen) atoms. The van der Waals surface area contributed by atoms with Gasteiger partial charge in [0.15, 0.2) is 11.2 Å². The molecule has 0 spiro atoms. The average molecular weight is 1090 g/mol. The van der Waals surface area contributed by atoms with Crippen molar-refractivity contribution in [2.24, 2.45) is 0 Å². The molecule has 14 rings (SSSR count). The van der Waals surface area contributed by atoms with Gasteiger partial charge in [-0.05, 0) is 184 Å². The van der Waals surface area contributed by atoms with Crippen LogP contribution in [0.3, 0.4) is 0 Å². The Kier molecular flexibility index (Phi) is 15.1. The van der Waals surface area contributed by atoms with Crippen LogP contribution in [-0.2, 0) is 12.8 Å². The smallest absolute Gasteiger partial charge is 0.227 e. The SMILES string of the molecule is CC(C)c1cc2nc(-c3ccc(-c4c5ccccc5c(-c5ccccc5)c5ccccc45)cc3)oc2cc1C(C)C.CCCCc1ccc(CCCC)c2oc(-c3ccc(-c4c5ccccc5c(-c5ccccc5)c5ccccc45)cc3)nc12. The lowest BCUT2D eigenvalue weighted by Gasteiger charge is -2.17. The first-order valence-corrected chi connectivity index (χ1v) is 30.3. The van der Waals surface area contributed by atoms with Crippen LogP contribution in [0.15, 0.2) is 239 Å². The molecule has 2 aromatic heterocycles. The normalized spacial score (nSPS) is 11.7. The van der Waals surface area contributed by atoms with E-state index in [-0.39, 0.29) is 0 Å². The Morgan fingerprint density at radius 3 is 1.06 bits per heavy atom. The molecule has 0 saturated heterocycles. The van der Waals surface area contributed by atoms with Crippen LogP contribution in [0.4, 0.5) is 0 Å². The van der Waals surface area contributed by atoms with Gasteiger partial charge < -0.3 is 8.83 Å². The first-order chi connectivity index (χ1) is 41.3. The summed E-state index contributed by atoms with van der Waals surface area (Å²) in [5, 5.41) is 10.1. The van der Waals surface area contributed by atoms with Crippen molar-refractivity contribution in [3.8, 4) is 67.4 Å². The minimum atomic E-state index is 0.433. The van der Waals surface area contributed by atoms with Crippen LogP contribution >= 0.6 is 0 Å². The molecule has 0 aliphatic rings. The molecule has 0 amide bonds. The molecule has 2 heterocycles. The second-order valence-corrected chi connectivity index (χ2v) is 23.1. The molecule has 0 N–H and O–H groups in total. The van der Waals surface area contributed by atoms with Crippen LogP contribution in [0.5, 0.6) is 0 Å². The Balaban J connectivity index is 0.000000157. The highest BCUT2D eigenvalue weighted by atomic mass is 16.4. The van der Waals surface area contributed by atoms with Gasteiger partial charge in [-0.2, -0.15) is 0 Å². The van der Waals surface area contributed by atoms with E-state index in [0.29, 0.717) is 23.6 Å². The minimum absolute atomic E-state index is 0.433. The van der Waals surface area contributed by atoms with E-state index >= 15 is 0 Å².